The SMILES string of the molecule is CCCc1cc[c-]cc1.CCCc1ccc(Br)cc1.CCCc1ccc(C2(O)CCC(C3CCC4(CC3)OCCO4)CC2)cc1.O=C1CCC(C2CCC3(CC2)OCCO3)CC1.[Br-].[H-].[H-].[Mg+2].[Mg+2]. The monoisotopic (exact) mass is 1040 g/mol. The molecule has 0 amide bonds. The number of halogens is 2. The number of ketones is 1. The van der Waals surface area contributed by atoms with Gasteiger partial charge >= 0.3 is 46.1 Å². The van der Waals surface area contributed by atoms with Crippen LogP contribution in [0.15, 0.2) is 77.3 Å². The summed E-state index contributed by atoms with van der Waals surface area (Å²) in [5, 5.41) is 11.2. The van der Waals surface area contributed by atoms with Crippen LogP contribution in [0.4, 0.5) is 0 Å². The van der Waals surface area contributed by atoms with Crippen molar-refractivity contribution in [2.75, 3.05) is 26.4 Å². The van der Waals surface area contributed by atoms with Crippen LogP contribution >= 0.6 is 15.9 Å². The Morgan fingerprint density at radius 3 is 1.28 bits per heavy atom. The number of aryl methyl sites for hydroxylation is 3. The maximum atomic E-state index is 11.3. The number of rotatable bonds is 9. The topological polar surface area (TPSA) is 74.2 Å². The van der Waals surface area contributed by atoms with Crippen molar-refractivity contribution in [2.24, 2.45) is 23.7 Å². The molecule has 3 aromatic rings. The largest absolute Gasteiger partial charge is 2.00 e. The van der Waals surface area contributed by atoms with Gasteiger partial charge in [0.25, 0.3) is 0 Å². The zero-order valence-corrected chi connectivity index (χ0v) is 46.3. The Kier molecular flexibility index (Phi) is 27.5. The average molecular weight is 1050 g/mol. The summed E-state index contributed by atoms with van der Waals surface area (Å²) in [6.07, 6.45) is 24.2. The summed E-state index contributed by atoms with van der Waals surface area (Å²) in [4.78, 5) is 11.3. The van der Waals surface area contributed by atoms with Crippen LogP contribution in [0.2, 0.25) is 0 Å². The predicted octanol–water partition coefficient (Wildman–Crippen LogP) is 9.94. The summed E-state index contributed by atoms with van der Waals surface area (Å²) in [6.45, 7) is 9.65. The van der Waals surface area contributed by atoms with Crippen LogP contribution in [0.25, 0.3) is 0 Å². The molecular weight excluding hydrogens is 965 g/mol. The number of aliphatic hydroxyl groups is 1. The second kappa shape index (κ2) is 30.4. The molecule has 6 fully saturated rings. The molecule has 4 aliphatic carbocycles. The molecule has 1 N–H and O–H groups in total. The molecule has 2 aliphatic heterocycles. The summed E-state index contributed by atoms with van der Waals surface area (Å²) < 4.78 is 24.4. The van der Waals surface area contributed by atoms with Gasteiger partial charge in [-0.1, -0.05) is 98.8 Å². The quantitative estimate of drug-likeness (QED) is 0.170. The minimum absolute atomic E-state index is 0. The van der Waals surface area contributed by atoms with E-state index in [4.69, 9.17) is 18.9 Å². The van der Waals surface area contributed by atoms with E-state index in [2.05, 4.69) is 103 Å². The fourth-order valence-electron chi connectivity index (χ4n) is 11.1. The average Bonchev–Trinajstić information content (AvgIpc) is 3.97. The molecule has 4 saturated carbocycles. The number of carbonyl (C=O) groups is 1. The van der Waals surface area contributed by atoms with Crippen molar-refractivity contribution in [2.45, 2.75) is 179 Å². The maximum absolute atomic E-state index is 11.3. The van der Waals surface area contributed by atoms with Gasteiger partial charge in [-0.15, -0.1) is 0 Å². The van der Waals surface area contributed by atoms with Gasteiger partial charge in [0.05, 0.1) is 32.0 Å². The third-order valence-electron chi connectivity index (χ3n) is 14.8. The zero-order valence-electron chi connectivity index (χ0n) is 42.3. The molecule has 0 aromatic heterocycles. The van der Waals surface area contributed by atoms with Gasteiger partial charge in [0.1, 0.15) is 5.78 Å². The normalized spacial score (nSPS) is 24.7. The van der Waals surface area contributed by atoms with Gasteiger partial charge in [-0.2, -0.15) is 35.9 Å². The van der Waals surface area contributed by atoms with E-state index in [1.807, 2.05) is 12.1 Å². The van der Waals surface area contributed by atoms with Crippen molar-refractivity contribution in [1.29, 1.82) is 0 Å². The van der Waals surface area contributed by atoms with E-state index < -0.39 is 5.60 Å². The van der Waals surface area contributed by atoms with Crippen molar-refractivity contribution in [3.63, 3.8) is 0 Å². The van der Waals surface area contributed by atoms with Crippen molar-refractivity contribution in [3.05, 3.63) is 106 Å². The summed E-state index contributed by atoms with van der Waals surface area (Å²) in [5.41, 5.74) is 4.71. The molecular formula is C55H80Br2Mg2O6. The molecule has 0 atom stereocenters. The molecule has 2 saturated heterocycles. The van der Waals surface area contributed by atoms with Crippen LogP contribution in [0.3, 0.4) is 0 Å². The Balaban J connectivity index is 0.000000475. The fourth-order valence-corrected chi connectivity index (χ4v) is 11.3. The molecule has 10 heteroatoms. The van der Waals surface area contributed by atoms with E-state index in [1.165, 1.54) is 74.5 Å². The molecule has 2 spiro atoms. The summed E-state index contributed by atoms with van der Waals surface area (Å²) in [7, 11) is 0. The first-order valence-corrected chi connectivity index (χ1v) is 25.5. The van der Waals surface area contributed by atoms with Crippen molar-refractivity contribution in [3.8, 4) is 0 Å². The zero-order chi connectivity index (χ0) is 43.7. The first-order valence-electron chi connectivity index (χ1n) is 24.7. The molecule has 6 aliphatic rings. The Labute approximate surface area is 447 Å². The number of ether oxygens (including phenoxy) is 4. The number of benzene rings is 3. The van der Waals surface area contributed by atoms with Crippen LogP contribution in [0, 0.1) is 29.7 Å². The van der Waals surface area contributed by atoms with Crippen molar-refractivity contribution in [1.82, 2.24) is 0 Å². The molecule has 9 rings (SSSR count). The predicted molar refractivity (Wildman–Crippen MR) is 268 cm³/mol. The van der Waals surface area contributed by atoms with Crippen LogP contribution in [0.1, 0.15) is 168 Å². The number of carbonyl (C=O) groups excluding carboxylic acids is 1. The fraction of sp³-hybridized carbons (Fsp3) is 0.655. The van der Waals surface area contributed by atoms with Gasteiger partial charge in [-0.05, 0) is 130 Å². The van der Waals surface area contributed by atoms with E-state index >= 15 is 0 Å². The molecule has 0 unspecified atom stereocenters. The second-order valence-electron chi connectivity index (χ2n) is 19.1. The first-order chi connectivity index (χ1) is 30.2. The second-order valence-corrected chi connectivity index (χ2v) is 20.0. The van der Waals surface area contributed by atoms with Gasteiger partial charge in [0.2, 0.25) is 0 Å². The third-order valence-corrected chi connectivity index (χ3v) is 15.3. The molecule has 6 nitrogen and oxygen atoms in total. The standard InChI is InChI=1S/C23H34O3.C14H22O3.C9H11Br.C9H11.BrH.2Mg.2H/c1-2-3-18-4-6-21(7-5-18)22(24)12-8-19(9-13-22)20-10-14-23(15-11-20)25-16-17-26-23;15-13-3-1-11(2-4-13)12-5-7-14(8-6-12)16-9-10-17-14;1-2-3-8-4-6-9(10)7-5-8;1-2-6-9-7-4-3-5-8-9;;;;;/h4-7,19-20,24H,2-3,8-17H2,1H3;11-12H,1-10H2;4-7H,2-3H2,1H3;4-5,7-8H,2,6H2,1H3;1H;;;;/q;;;-1;;2*+2;2*-1/p-1. The smallest absolute Gasteiger partial charge is 1.00 e. The number of hydrogen-bond donors (Lipinski definition) is 1. The van der Waals surface area contributed by atoms with Crippen molar-refractivity contribution < 1.29 is 48.7 Å². The maximum Gasteiger partial charge on any atom is 2.00 e. The third kappa shape index (κ3) is 18.4. The molecule has 3 aromatic carbocycles. The van der Waals surface area contributed by atoms with Crippen LogP contribution < -0.4 is 17.0 Å². The minimum Gasteiger partial charge on any atom is -1.00 e. The first kappa shape index (κ1) is 58.9. The minimum atomic E-state index is -0.616. The Bertz CT molecular complexity index is 1710. The summed E-state index contributed by atoms with van der Waals surface area (Å²) >= 11 is 3.40. The van der Waals surface area contributed by atoms with E-state index in [0.717, 1.165) is 144 Å². The van der Waals surface area contributed by atoms with Crippen LogP contribution in [-0.2, 0) is 48.6 Å². The van der Waals surface area contributed by atoms with Crippen molar-refractivity contribution >= 4 is 67.8 Å². The van der Waals surface area contributed by atoms with E-state index in [-0.39, 0.29) is 77.5 Å². The van der Waals surface area contributed by atoms with Gasteiger partial charge in [-0.3, -0.25) is 4.79 Å². The molecule has 2 heterocycles. The van der Waals surface area contributed by atoms with E-state index in [0.29, 0.717) is 5.78 Å². The molecule has 65 heavy (non-hydrogen) atoms. The summed E-state index contributed by atoms with van der Waals surface area (Å²) in [5.74, 6) is 3.13. The van der Waals surface area contributed by atoms with E-state index in [9.17, 15) is 9.90 Å². The van der Waals surface area contributed by atoms with Gasteiger partial charge < -0.3 is 43.9 Å². The van der Waals surface area contributed by atoms with E-state index in [1.54, 1.807) is 0 Å². The van der Waals surface area contributed by atoms with Gasteiger partial charge in [0, 0.05) is 43.0 Å². The Hall–Kier alpha value is -0.378. The van der Waals surface area contributed by atoms with Crippen LogP contribution in [0.5, 0.6) is 0 Å². The Morgan fingerprint density at radius 1 is 0.554 bits per heavy atom. The summed E-state index contributed by atoms with van der Waals surface area (Å²) in [6, 6.07) is 28.4. The number of hydrogen-bond acceptors (Lipinski definition) is 6. The van der Waals surface area contributed by atoms with Crippen LogP contribution in [-0.4, -0.2) is 95.0 Å². The Morgan fingerprint density at radius 2 is 0.892 bits per heavy atom. The van der Waals surface area contributed by atoms with Gasteiger partial charge in [-0.25, -0.2) is 0 Å². The van der Waals surface area contributed by atoms with Gasteiger partial charge in [0.15, 0.2) is 11.6 Å². The molecule has 0 bridgehead atoms. The molecule has 354 valence electrons. The molecule has 0 radical (unpaired) electrons. The number of Topliss-reactive ketones (excluding diaryl/α,β-unsaturated/α-hetero) is 1.